The fourth-order valence-electron chi connectivity index (χ4n) is 2.13. The lowest BCUT2D eigenvalue weighted by Gasteiger charge is -2.37. The first-order valence-corrected chi connectivity index (χ1v) is 7.37. The number of amides is 1. The van der Waals surface area contributed by atoms with Crippen LogP contribution in [0.5, 0.6) is 0 Å². The van der Waals surface area contributed by atoms with Gasteiger partial charge in [-0.1, -0.05) is 15.9 Å². The van der Waals surface area contributed by atoms with E-state index in [0.29, 0.717) is 18.2 Å². The number of benzene rings is 1. The zero-order valence-corrected chi connectivity index (χ0v) is 12.0. The standard InChI is InChI=1S/C13H15BrN2O3/c14-8-9-15(11-2-1-3-11)13(17)10-4-6-12(7-5-10)16(18)19/h4-7,11H,1-3,8-9H2. The van der Waals surface area contributed by atoms with E-state index in [1.807, 2.05) is 4.90 Å². The largest absolute Gasteiger partial charge is 0.335 e. The van der Waals surface area contributed by atoms with Crippen molar-refractivity contribution in [1.29, 1.82) is 0 Å². The number of halogens is 1. The first kappa shape index (κ1) is 14.0. The highest BCUT2D eigenvalue weighted by Gasteiger charge is 2.28. The molecule has 1 fully saturated rings. The molecule has 0 saturated heterocycles. The van der Waals surface area contributed by atoms with E-state index in [1.54, 1.807) is 0 Å². The Morgan fingerprint density at radius 1 is 1.37 bits per heavy atom. The van der Waals surface area contributed by atoms with Gasteiger partial charge >= 0.3 is 0 Å². The summed E-state index contributed by atoms with van der Waals surface area (Å²) in [6.07, 6.45) is 3.26. The lowest BCUT2D eigenvalue weighted by Crippen LogP contribution is -2.45. The van der Waals surface area contributed by atoms with Gasteiger partial charge in [-0.25, -0.2) is 0 Å². The zero-order valence-electron chi connectivity index (χ0n) is 10.4. The Morgan fingerprint density at radius 3 is 2.42 bits per heavy atom. The van der Waals surface area contributed by atoms with Crippen molar-refractivity contribution < 1.29 is 9.72 Å². The average Bonchev–Trinajstić information content (AvgIpc) is 2.35. The number of hydrogen-bond donors (Lipinski definition) is 0. The van der Waals surface area contributed by atoms with Crippen LogP contribution in [0.2, 0.25) is 0 Å². The third kappa shape index (κ3) is 3.12. The van der Waals surface area contributed by atoms with Crippen LogP contribution in [-0.4, -0.2) is 33.6 Å². The van der Waals surface area contributed by atoms with Gasteiger partial charge in [0.05, 0.1) is 4.92 Å². The Labute approximate surface area is 119 Å². The van der Waals surface area contributed by atoms with Crippen molar-refractivity contribution in [3.05, 3.63) is 39.9 Å². The number of carbonyl (C=O) groups excluding carboxylic acids is 1. The molecule has 0 aromatic heterocycles. The van der Waals surface area contributed by atoms with Gasteiger partial charge in [0.25, 0.3) is 11.6 Å². The Hall–Kier alpha value is -1.43. The molecule has 0 N–H and O–H groups in total. The number of nitro benzene ring substituents is 1. The molecule has 2 rings (SSSR count). The number of hydrogen-bond acceptors (Lipinski definition) is 3. The van der Waals surface area contributed by atoms with Crippen LogP contribution < -0.4 is 0 Å². The number of nitro groups is 1. The minimum absolute atomic E-state index is 0.00670. The fraction of sp³-hybridized carbons (Fsp3) is 0.462. The van der Waals surface area contributed by atoms with Crippen LogP contribution in [-0.2, 0) is 0 Å². The van der Waals surface area contributed by atoms with Crippen LogP contribution in [0.15, 0.2) is 24.3 Å². The summed E-state index contributed by atoms with van der Waals surface area (Å²) in [4.78, 5) is 24.4. The van der Waals surface area contributed by atoms with Gasteiger partial charge in [0.1, 0.15) is 0 Å². The van der Waals surface area contributed by atoms with E-state index in [9.17, 15) is 14.9 Å². The Kier molecular flexibility index (Phi) is 4.52. The predicted molar refractivity (Wildman–Crippen MR) is 75.6 cm³/mol. The molecule has 0 aliphatic heterocycles. The van der Waals surface area contributed by atoms with Crippen molar-refractivity contribution in [3.8, 4) is 0 Å². The molecule has 6 heteroatoms. The molecule has 0 atom stereocenters. The summed E-state index contributed by atoms with van der Waals surface area (Å²) in [5.74, 6) is -0.0425. The van der Waals surface area contributed by atoms with E-state index >= 15 is 0 Å². The van der Waals surface area contributed by atoms with Gasteiger partial charge in [-0.3, -0.25) is 14.9 Å². The molecule has 1 aliphatic carbocycles. The smallest absolute Gasteiger partial charge is 0.269 e. The lowest BCUT2D eigenvalue weighted by atomic mass is 9.91. The minimum Gasteiger partial charge on any atom is -0.335 e. The summed E-state index contributed by atoms with van der Waals surface area (Å²) in [7, 11) is 0. The molecule has 0 spiro atoms. The molecular weight excluding hydrogens is 312 g/mol. The van der Waals surface area contributed by atoms with Gasteiger partial charge in [-0.15, -0.1) is 0 Å². The van der Waals surface area contributed by atoms with Crippen molar-refractivity contribution in [2.75, 3.05) is 11.9 Å². The molecule has 0 bridgehead atoms. The van der Waals surface area contributed by atoms with Crippen LogP contribution in [0, 0.1) is 10.1 Å². The fourth-order valence-corrected chi connectivity index (χ4v) is 2.51. The van der Waals surface area contributed by atoms with Crippen LogP contribution in [0.25, 0.3) is 0 Å². The Bertz CT molecular complexity index is 471. The van der Waals surface area contributed by atoms with Gasteiger partial charge in [0.15, 0.2) is 0 Å². The number of rotatable bonds is 5. The van der Waals surface area contributed by atoms with E-state index in [4.69, 9.17) is 0 Å². The number of nitrogens with zero attached hydrogens (tertiary/aromatic N) is 2. The van der Waals surface area contributed by atoms with Crippen molar-refractivity contribution in [3.63, 3.8) is 0 Å². The monoisotopic (exact) mass is 326 g/mol. The summed E-state index contributed by atoms with van der Waals surface area (Å²) in [6, 6.07) is 6.13. The number of carbonyl (C=O) groups is 1. The first-order chi connectivity index (χ1) is 9.13. The molecule has 1 saturated carbocycles. The third-order valence-electron chi connectivity index (χ3n) is 3.43. The second kappa shape index (κ2) is 6.14. The third-order valence-corrected chi connectivity index (χ3v) is 3.78. The first-order valence-electron chi connectivity index (χ1n) is 6.25. The molecular formula is C13H15BrN2O3. The van der Waals surface area contributed by atoms with Crippen LogP contribution in [0.3, 0.4) is 0 Å². The van der Waals surface area contributed by atoms with E-state index in [0.717, 1.165) is 24.6 Å². The van der Waals surface area contributed by atoms with Crippen molar-refractivity contribution >= 4 is 27.5 Å². The van der Waals surface area contributed by atoms with Gasteiger partial charge in [-0.2, -0.15) is 0 Å². The summed E-state index contributed by atoms with van der Waals surface area (Å²) in [5, 5.41) is 11.3. The Balaban J connectivity index is 2.13. The number of alkyl halides is 1. The van der Waals surface area contributed by atoms with Gasteiger partial charge in [0.2, 0.25) is 0 Å². The number of non-ortho nitro benzene ring substituents is 1. The normalized spacial score (nSPS) is 14.8. The minimum atomic E-state index is -0.462. The summed E-state index contributed by atoms with van der Waals surface area (Å²) >= 11 is 3.36. The second-order valence-electron chi connectivity index (χ2n) is 4.58. The lowest BCUT2D eigenvalue weighted by molar-refractivity contribution is -0.384. The van der Waals surface area contributed by atoms with Crippen molar-refractivity contribution in [2.45, 2.75) is 25.3 Å². The maximum absolute atomic E-state index is 12.4. The molecule has 1 aromatic rings. The molecule has 0 heterocycles. The van der Waals surface area contributed by atoms with Crippen LogP contribution >= 0.6 is 15.9 Å². The van der Waals surface area contributed by atoms with Gasteiger partial charge in [0, 0.05) is 35.6 Å². The highest BCUT2D eigenvalue weighted by molar-refractivity contribution is 9.09. The van der Waals surface area contributed by atoms with Crippen molar-refractivity contribution in [2.24, 2.45) is 0 Å². The maximum Gasteiger partial charge on any atom is 0.269 e. The molecule has 1 amide bonds. The second-order valence-corrected chi connectivity index (χ2v) is 5.37. The maximum atomic E-state index is 12.4. The van der Waals surface area contributed by atoms with Gasteiger partial charge in [-0.05, 0) is 31.4 Å². The van der Waals surface area contributed by atoms with E-state index in [2.05, 4.69) is 15.9 Å². The molecule has 1 aliphatic rings. The SMILES string of the molecule is O=C(c1ccc([N+](=O)[O-])cc1)N(CCBr)C1CCC1. The van der Waals surface area contributed by atoms with E-state index < -0.39 is 4.92 Å². The van der Waals surface area contributed by atoms with Crippen LogP contribution in [0.1, 0.15) is 29.6 Å². The highest BCUT2D eigenvalue weighted by atomic mass is 79.9. The molecule has 1 aromatic carbocycles. The van der Waals surface area contributed by atoms with Crippen LogP contribution in [0.4, 0.5) is 5.69 Å². The van der Waals surface area contributed by atoms with E-state index in [1.165, 1.54) is 24.3 Å². The summed E-state index contributed by atoms with van der Waals surface area (Å²) < 4.78 is 0. The molecule has 102 valence electrons. The molecule has 5 nitrogen and oxygen atoms in total. The predicted octanol–water partition coefficient (Wildman–Crippen LogP) is 2.98. The van der Waals surface area contributed by atoms with Gasteiger partial charge < -0.3 is 4.90 Å². The highest BCUT2D eigenvalue weighted by Crippen LogP contribution is 2.26. The molecule has 19 heavy (non-hydrogen) atoms. The molecule has 0 radical (unpaired) electrons. The Morgan fingerprint density at radius 2 is 2.00 bits per heavy atom. The topological polar surface area (TPSA) is 63.4 Å². The van der Waals surface area contributed by atoms with E-state index in [-0.39, 0.29) is 11.6 Å². The summed E-state index contributed by atoms with van der Waals surface area (Å²) in [6.45, 7) is 0.667. The zero-order chi connectivity index (χ0) is 13.8. The molecule has 0 unspecified atom stereocenters. The van der Waals surface area contributed by atoms with Crippen molar-refractivity contribution in [1.82, 2.24) is 4.90 Å². The summed E-state index contributed by atoms with van der Waals surface area (Å²) in [5.41, 5.74) is 0.519. The quantitative estimate of drug-likeness (QED) is 0.474. The average molecular weight is 327 g/mol.